The van der Waals surface area contributed by atoms with Crippen LogP contribution in [-0.4, -0.2) is 35.2 Å². The highest BCUT2D eigenvalue weighted by molar-refractivity contribution is 5.82. The van der Waals surface area contributed by atoms with E-state index in [1.54, 1.807) is 18.5 Å². The molecule has 2 aliphatic heterocycles. The summed E-state index contributed by atoms with van der Waals surface area (Å²) in [6.07, 6.45) is 6.62. The van der Waals surface area contributed by atoms with Crippen molar-refractivity contribution in [1.82, 2.24) is 10.2 Å². The SMILES string of the molecule is C=CC(O)C1CCN(C2=NC=C[N]2)CC1. The molecule has 1 atom stereocenters. The van der Waals surface area contributed by atoms with E-state index < -0.39 is 0 Å². The minimum absolute atomic E-state index is 0.341. The van der Waals surface area contributed by atoms with Crippen LogP contribution in [0.15, 0.2) is 30.0 Å². The average molecular weight is 206 g/mol. The molecular formula is C11H16N3O. The Labute approximate surface area is 90.0 Å². The van der Waals surface area contributed by atoms with Gasteiger partial charge in [-0.05, 0) is 18.8 Å². The number of piperidine rings is 1. The van der Waals surface area contributed by atoms with Gasteiger partial charge in [-0.2, -0.15) is 0 Å². The fraction of sp³-hybridized carbons (Fsp3) is 0.545. The van der Waals surface area contributed by atoms with Gasteiger partial charge in [-0.15, -0.1) is 6.58 Å². The van der Waals surface area contributed by atoms with E-state index in [1.807, 2.05) is 0 Å². The number of hydrogen-bond donors (Lipinski definition) is 1. The van der Waals surface area contributed by atoms with Crippen LogP contribution in [0.1, 0.15) is 12.8 Å². The van der Waals surface area contributed by atoms with Gasteiger partial charge in [0.25, 0.3) is 0 Å². The molecule has 1 saturated heterocycles. The fourth-order valence-electron chi connectivity index (χ4n) is 2.03. The van der Waals surface area contributed by atoms with E-state index in [0.717, 1.165) is 31.9 Å². The average Bonchev–Trinajstić information content (AvgIpc) is 2.82. The summed E-state index contributed by atoms with van der Waals surface area (Å²) in [5.74, 6) is 1.15. The van der Waals surface area contributed by atoms with Crippen molar-refractivity contribution < 1.29 is 5.11 Å². The zero-order valence-corrected chi connectivity index (χ0v) is 8.71. The van der Waals surface area contributed by atoms with Crippen molar-refractivity contribution in [3.8, 4) is 0 Å². The standard InChI is InChI=1S/C11H16N3O/c1-2-10(15)9-3-7-14(8-4-9)11-12-5-6-13-11/h2,5-6,9-10,15H,1,3-4,7-8H2. The predicted octanol–water partition coefficient (Wildman–Crippen LogP) is 0.691. The zero-order chi connectivity index (χ0) is 10.7. The first-order chi connectivity index (χ1) is 7.31. The third-order valence-electron chi connectivity index (χ3n) is 2.99. The van der Waals surface area contributed by atoms with Gasteiger partial charge in [0, 0.05) is 25.5 Å². The maximum absolute atomic E-state index is 9.63. The summed E-state index contributed by atoms with van der Waals surface area (Å²) in [4.78, 5) is 6.32. The lowest BCUT2D eigenvalue weighted by Gasteiger charge is -2.33. The van der Waals surface area contributed by atoms with Crippen molar-refractivity contribution in [1.29, 1.82) is 0 Å². The fourth-order valence-corrected chi connectivity index (χ4v) is 2.03. The molecule has 0 bridgehead atoms. The number of rotatable bonds is 2. The molecule has 4 heteroatoms. The Balaban J connectivity index is 1.84. The molecule has 81 valence electrons. The van der Waals surface area contributed by atoms with Gasteiger partial charge in [-0.3, -0.25) is 0 Å². The number of aliphatic hydroxyl groups excluding tert-OH is 1. The lowest BCUT2D eigenvalue weighted by atomic mass is 9.91. The van der Waals surface area contributed by atoms with Crippen molar-refractivity contribution in [3.63, 3.8) is 0 Å². The minimum atomic E-state index is -0.368. The van der Waals surface area contributed by atoms with Crippen LogP contribution in [0.4, 0.5) is 0 Å². The van der Waals surface area contributed by atoms with Crippen molar-refractivity contribution in [2.75, 3.05) is 13.1 Å². The summed E-state index contributed by atoms with van der Waals surface area (Å²) in [7, 11) is 0. The van der Waals surface area contributed by atoms with E-state index in [2.05, 4.69) is 21.8 Å². The molecule has 2 heterocycles. The first kappa shape index (κ1) is 10.2. The van der Waals surface area contributed by atoms with Gasteiger partial charge in [0.1, 0.15) is 0 Å². The van der Waals surface area contributed by atoms with Gasteiger partial charge in [-0.1, -0.05) is 6.08 Å². The van der Waals surface area contributed by atoms with Crippen molar-refractivity contribution in [2.45, 2.75) is 18.9 Å². The second-order valence-electron chi connectivity index (χ2n) is 3.91. The molecule has 1 N–H and O–H groups in total. The Kier molecular flexibility index (Phi) is 3.06. The molecule has 0 aromatic rings. The van der Waals surface area contributed by atoms with E-state index in [9.17, 15) is 5.11 Å². The van der Waals surface area contributed by atoms with Crippen LogP contribution in [0.5, 0.6) is 0 Å². The van der Waals surface area contributed by atoms with Crippen molar-refractivity contribution in [2.24, 2.45) is 10.9 Å². The molecule has 0 spiro atoms. The Hall–Kier alpha value is -1.29. The highest BCUT2D eigenvalue weighted by atomic mass is 16.3. The summed E-state index contributed by atoms with van der Waals surface area (Å²) < 4.78 is 0. The lowest BCUT2D eigenvalue weighted by molar-refractivity contribution is 0.110. The maximum Gasteiger partial charge on any atom is 0.225 e. The third-order valence-corrected chi connectivity index (χ3v) is 2.99. The molecule has 0 amide bonds. The van der Waals surface area contributed by atoms with Gasteiger partial charge < -0.3 is 10.0 Å². The Morgan fingerprint density at radius 1 is 1.47 bits per heavy atom. The van der Waals surface area contributed by atoms with E-state index in [1.165, 1.54) is 0 Å². The van der Waals surface area contributed by atoms with Crippen LogP contribution in [0.2, 0.25) is 0 Å². The number of hydrogen-bond acceptors (Lipinski definition) is 3. The van der Waals surface area contributed by atoms with E-state index in [0.29, 0.717) is 5.92 Å². The summed E-state index contributed by atoms with van der Waals surface area (Å²) in [6, 6.07) is 0. The number of guanidine groups is 1. The molecule has 1 unspecified atom stereocenters. The summed E-state index contributed by atoms with van der Waals surface area (Å²) in [5.41, 5.74) is 0. The molecular weight excluding hydrogens is 190 g/mol. The zero-order valence-electron chi connectivity index (χ0n) is 8.71. The molecule has 4 nitrogen and oxygen atoms in total. The van der Waals surface area contributed by atoms with Crippen LogP contribution in [-0.2, 0) is 0 Å². The molecule has 2 rings (SSSR count). The van der Waals surface area contributed by atoms with Crippen LogP contribution >= 0.6 is 0 Å². The van der Waals surface area contributed by atoms with Crippen LogP contribution in [0.25, 0.3) is 0 Å². The maximum atomic E-state index is 9.63. The lowest BCUT2D eigenvalue weighted by Crippen LogP contribution is -2.42. The first-order valence-electron chi connectivity index (χ1n) is 5.30. The normalized spacial score (nSPS) is 23.5. The highest BCUT2D eigenvalue weighted by Gasteiger charge is 2.25. The smallest absolute Gasteiger partial charge is 0.225 e. The molecule has 0 aromatic carbocycles. The molecule has 1 radical (unpaired) electrons. The van der Waals surface area contributed by atoms with Crippen LogP contribution in [0, 0.1) is 5.92 Å². The van der Waals surface area contributed by atoms with Gasteiger partial charge in [-0.25, -0.2) is 10.3 Å². The van der Waals surface area contributed by atoms with E-state index in [-0.39, 0.29) is 6.10 Å². The number of aliphatic imine (C=N–C) groups is 1. The first-order valence-corrected chi connectivity index (χ1v) is 5.30. The monoisotopic (exact) mass is 206 g/mol. The Morgan fingerprint density at radius 3 is 2.73 bits per heavy atom. The van der Waals surface area contributed by atoms with Gasteiger partial charge in [0.15, 0.2) is 0 Å². The Morgan fingerprint density at radius 2 is 2.20 bits per heavy atom. The van der Waals surface area contributed by atoms with E-state index in [4.69, 9.17) is 0 Å². The number of likely N-dealkylation sites (tertiary alicyclic amines) is 1. The predicted molar refractivity (Wildman–Crippen MR) is 59.2 cm³/mol. The van der Waals surface area contributed by atoms with Crippen LogP contribution in [0.3, 0.4) is 0 Å². The van der Waals surface area contributed by atoms with Crippen LogP contribution < -0.4 is 5.32 Å². The molecule has 1 fully saturated rings. The summed E-state index contributed by atoms with van der Waals surface area (Å²) in [5, 5.41) is 13.8. The quantitative estimate of drug-likeness (QED) is 0.676. The second kappa shape index (κ2) is 4.49. The second-order valence-corrected chi connectivity index (χ2v) is 3.91. The van der Waals surface area contributed by atoms with Crippen molar-refractivity contribution >= 4 is 5.96 Å². The minimum Gasteiger partial charge on any atom is -0.389 e. The molecule has 15 heavy (non-hydrogen) atoms. The molecule has 0 saturated carbocycles. The third kappa shape index (κ3) is 2.21. The highest BCUT2D eigenvalue weighted by Crippen LogP contribution is 2.21. The van der Waals surface area contributed by atoms with Gasteiger partial charge in [0.05, 0.1) is 6.10 Å². The molecule has 2 aliphatic rings. The van der Waals surface area contributed by atoms with Gasteiger partial charge >= 0.3 is 0 Å². The van der Waals surface area contributed by atoms with E-state index >= 15 is 0 Å². The number of aliphatic hydroxyl groups is 1. The van der Waals surface area contributed by atoms with Gasteiger partial charge in [0.2, 0.25) is 5.96 Å². The van der Waals surface area contributed by atoms with Crippen molar-refractivity contribution in [3.05, 3.63) is 25.1 Å². The number of nitrogens with zero attached hydrogens (tertiary/aromatic N) is 3. The summed E-state index contributed by atoms with van der Waals surface area (Å²) >= 11 is 0. The molecule has 0 aliphatic carbocycles. The summed E-state index contributed by atoms with van der Waals surface area (Å²) in [6.45, 7) is 5.45. The largest absolute Gasteiger partial charge is 0.389 e. The Bertz CT molecular complexity index is 290. The topological polar surface area (TPSA) is 49.9 Å². The molecule has 0 aromatic heterocycles.